The number of aromatic nitrogens is 1. The van der Waals surface area contributed by atoms with Crippen molar-refractivity contribution in [3.8, 4) is 0 Å². The van der Waals surface area contributed by atoms with Crippen molar-refractivity contribution < 1.29 is 0 Å². The van der Waals surface area contributed by atoms with Crippen molar-refractivity contribution in [2.45, 2.75) is 20.3 Å². The van der Waals surface area contributed by atoms with Crippen molar-refractivity contribution >= 4 is 23.0 Å². The molecule has 1 aromatic rings. The number of nitrogens with two attached hydrogens (primary N) is 1. The zero-order valence-corrected chi connectivity index (χ0v) is 9.97. The molecule has 0 spiro atoms. The second kappa shape index (κ2) is 5.66. The molecule has 15 heavy (non-hydrogen) atoms. The maximum atomic E-state index is 5.48. The third-order valence-electron chi connectivity index (χ3n) is 2.38. The van der Waals surface area contributed by atoms with Crippen LogP contribution in [0.5, 0.6) is 0 Å². The van der Waals surface area contributed by atoms with Crippen LogP contribution in [0.4, 0.5) is 5.82 Å². The minimum atomic E-state index is 0.385. The number of thiocarbonyl (C=S) groups is 1. The Kier molecular flexibility index (Phi) is 4.49. The van der Waals surface area contributed by atoms with E-state index in [1.54, 1.807) is 6.20 Å². The number of nitrogens with one attached hydrogen (secondary N) is 1. The van der Waals surface area contributed by atoms with Crippen molar-refractivity contribution in [2.24, 2.45) is 11.7 Å². The number of rotatable bonds is 5. The van der Waals surface area contributed by atoms with Gasteiger partial charge in [0.2, 0.25) is 0 Å². The van der Waals surface area contributed by atoms with Crippen molar-refractivity contribution in [3.05, 3.63) is 23.9 Å². The summed E-state index contributed by atoms with van der Waals surface area (Å²) in [4.78, 5) is 4.61. The summed E-state index contributed by atoms with van der Waals surface area (Å²) in [6, 6.07) is 3.78. The third-order valence-corrected chi connectivity index (χ3v) is 2.61. The molecule has 0 aliphatic heterocycles. The van der Waals surface area contributed by atoms with Crippen LogP contribution in [0.2, 0.25) is 0 Å². The minimum Gasteiger partial charge on any atom is -0.389 e. The van der Waals surface area contributed by atoms with Gasteiger partial charge < -0.3 is 11.1 Å². The number of pyridine rings is 1. The second-order valence-electron chi connectivity index (χ2n) is 3.69. The quantitative estimate of drug-likeness (QED) is 0.751. The molecule has 0 fully saturated rings. The molecule has 0 aromatic carbocycles. The van der Waals surface area contributed by atoms with Gasteiger partial charge in [0.25, 0.3) is 0 Å². The van der Waals surface area contributed by atoms with E-state index in [-0.39, 0.29) is 0 Å². The molecule has 0 bridgehead atoms. The van der Waals surface area contributed by atoms with Gasteiger partial charge in [0.05, 0.1) is 0 Å². The first kappa shape index (κ1) is 11.9. The van der Waals surface area contributed by atoms with Crippen LogP contribution in [0.25, 0.3) is 0 Å². The summed E-state index contributed by atoms with van der Waals surface area (Å²) in [5, 5.41) is 3.27. The van der Waals surface area contributed by atoms with Gasteiger partial charge in [0, 0.05) is 18.3 Å². The molecule has 1 rings (SSSR count). The fraction of sp³-hybridized carbons (Fsp3) is 0.455. The number of hydrogen-bond donors (Lipinski definition) is 2. The van der Waals surface area contributed by atoms with Crippen molar-refractivity contribution in [1.29, 1.82) is 0 Å². The molecule has 0 saturated heterocycles. The summed E-state index contributed by atoms with van der Waals surface area (Å²) < 4.78 is 0. The summed E-state index contributed by atoms with van der Waals surface area (Å²) in [7, 11) is 0. The Labute approximate surface area is 96.1 Å². The second-order valence-corrected chi connectivity index (χ2v) is 4.13. The molecule has 1 heterocycles. The summed E-state index contributed by atoms with van der Waals surface area (Å²) in [5.74, 6) is 1.53. The van der Waals surface area contributed by atoms with E-state index >= 15 is 0 Å². The summed E-state index contributed by atoms with van der Waals surface area (Å²) in [6.07, 6.45) is 2.86. The molecule has 82 valence electrons. The monoisotopic (exact) mass is 223 g/mol. The van der Waals surface area contributed by atoms with E-state index in [0.29, 0.717) is 10.9 Å². The minimum absolute atomic E-state index is 0.385. The lowest BCUT2D eigenvalue weighted by atomic mass is 10.1. The summed E-state index contributed by atoms with van der Waals surface area (Å²) in [5.41, 5.74) is 6.28. The topological polar surface area (TPSA) is 50.9 Å². The van der Waals surface area contributed by atoms with Crippen molar-refractivity contribution in [1.82, 2.24) is 4.98 Å². The van der Waals surface area contributed by atoms with Crippen LogP contribution < -0.4 is 11.1 Å². The molecule has 4 heteroatoms. The van der Waals surface area contributed by atoms with Gasteiger partial charge in [-0.25, -0.2) is 4.98 Å². The first-order valence-electron chi connectivity index (χ1n) is 5.13. The standard InChI is InChI=1S/C11H17N3S/c1-3-8(2)6-13-10-5-4-9(7-14-10)11(12)15/h4-5,7-8H,3,6H2,1-2H3,(H2,12,15)(H,13,14). The Morgan fingerprint density at radius 3 is 2.80 bits per heavy atom. The predicted octanol–water partition coefficient (Wildman–Crippen LogP) is 2.17. The number of hydrogen-bond acceptors (Lipinski definition) is 3. The van der Waals surface area contributed by atoms with Crippen LogP contribution in [0, 0.1) is 5.92 Å². The van der Waals surface area contributed by atoms with E-state index in [2.05, 4.69) is 24.1 Å². The fourth-order valence-electron chi connectivity index (χ4n) is 1.07. The third kappa shape index (κ3) is 3.83. The Bertz CT molecular complexity index is 321. The van der Waals surface area contributed by atoms with Gasteiger partial charge in [-0.1, -0.05) is 32.5 Å². The first-order chi connectivity index (χ1) is 7.13. The van der Waals surface area contributed by atoms with E-state index < -0.39 is 0 Å². The molecule has 0 aliphatic rings. The molecule has 3 N–H and O–H groups in total. The first-order valence-corrected chi connectivity index (χ1v) is 5.54. The molecule has 0 aliphatic carbocycles. The van der Waals surface area contributed by atoms with Gasteiger partial charge in [-0.2, -0.15) is 0 Å². The van der Waals surface area contributed by atoms with E-state index in [1.807, 2.05) is 12.1 Å². The molecule has 0 amide bonds. The molecular weight excluding hydrogens is 206 g/mol. The van der Waals surface area contributed by atoms with Crippen LogP contribution in [0.1, 0.15) is 25.8 Å². The number of anilines is 1. The largest absolute Gasteiger partial charge is 0.389 e. The van der Waals surface area contributed by atoms with Gasteiger partial charge >= 0.3 is 0 Å². The number of nitrogens with zero attached hydrogens (tertiary/aromatic N) is 1. The molecule has 1 aromatic heterocycles. The average molecular weight is 223 g/mol. The highest BCUT2D eigenvalue weighted by Gasteiger charge is 2.00. The Balaban J connectivity index is 2.53. The molecular formula is C11H17N3S. The predicted molar refractivity (Wildman–Crippen MR) is 68.1 cm³/mol. The van der Waals surface area contributed by atoms with Crippen LogP contribution in [0.15, 0.2) is 18.3 Å². The molecule has 1 unspecified atom stereocenters. The smallest absolute Gasteiger partial charge is 0.125 e. The molecule has 3 nitrogen and oxygen atoms in total. The van der Waals surface area contributed by atoms with Crippen molar-refractivity contribution in [2.75, 3.05) is 11.9 Å². The van der Waals surface area contributed by atoms with E-state index in [9.17, 15) is 0 Å². The van der Waals surface area contributed by atoms with Crippen LogP contribution in [-0.4, -0.2) is 16.5 Å². The van der Waals surface area contributed by atoms with Gasteiger partial charge in [0.1, 0.15) is 10.8 Å². The van der Waals surface area contributed by atoms with Crippen molar-refractivity contribution in [3.63, 3.8) is 0 Å². The lowest BCUT2D eigenvalue weighted by molar-refractivity contribution is 0.592. The van der Waals surface area contributed by atoms with Gasteiger partial charge in [0.15, 0.2) is 0 Å². The van der Waals surface area contributed by atoms with Gasteiger partial charge in [-0.05, 0) is 18.1 Å². The van der Waals surface area contributed by atoms with Crippen LogP contribution in [0.3, 0.4) is 0 Å². The normalized spacial score (nSPS) is 12.1. The molecule has 1 atom stereocenters. The highest BCUT2D eigenvalue weighted by atomic mass is 32.1. The zero-order valence-electron chi connectivity index (χ0n) is 9.16. The summed E-state index contributed by atoms with van der Waals surface area (Å²) >= 11 is 4.85. The highest BCUT2D eigenvalue weighted by Crippen LogP contribution is 2.07. The molecule has 0 radical (unpaired) electrons. The summed E-state index contributed by atoms with van der Waals surface area (Å²) in [6.45, 7) is 5.32. The van der Waals surface area contributed by atoms with Crippen LogP contribution >= 0.6 is 12.2 Å². The van der Waals surface area contributed by atoms with Gasteiger partial charge in [-0.3, -0.25) is 0 Å². The Morgan fingerprint density at radius 1 is 1.60 bits per heavy atom. The average Bonchev–Trinajstić information content (AvgIpc) is 2.26. The maximum absolute atomic E-state index is 5.48. The SMILES string of the molecule is CCC(C)CNc1ccc(C(N)=S)cn1. The molecule has 0 saturated carbocycles. The van der Waals surface area contributed by atoms with Gasteiger partial charge in [-0.15, -0.1) is 0 Å². The van der Waals surface area contributed by atoms with E-state index in [1.165, 1.54) is 0 Å². The zero-order chi connectivity index (χ0) is 11.3. The Hall–Kier alpha value is -1.16. The Morgan fingerprint density at radius 2 is 2.33 bits per heavy atom. The van der Waals surface area contributed by atoms with E-state index in [0.717, 1.165) is 24.3 Å². The fourth-order valence-corrected chi connectivity index (χ4v) is 1.19. The lowest BCUT2D eigenvalue weighted by Crippen LogP contribution is -2.13. The highest BCUT2D eigenvalue weighted by molar-refractivity contribution is 7.80. The lowest BCUT2D eigenvalue weighted by Gasteiger charge is -2.10. The van der Waals surface area contributed by atoms with Crippen LogP contribution in [-0.2, 0) is 0 Å². The maximum Gasteiger partial charge on any atom is 0.125 e. The van der Waals surface area contributed by atoms with E-state index in [4.69, 9.17) is 18.0 Å².